The van der Waals surface area contributed by atoms with Crippen molar-refractivity contribution in [2.24, 2.45) is 0 Å². The SMILES string of the molecule is CC(C)Oc1ccc(OC2CCNCC2)cn1. The molecule has 94 valence electrons. The molecule has 0 saturated carbocycles. The van der Waals surface area contributed by atoms with Crippen molar-refractivity contribution in [2.75, 3.05) is 13.1 Å². The second kappa shape index (κ2) is 5.87. The van der Waals surface area contributed by atoms with Gasteiger partial charge in [-0.2, -0.15) is 0 Å². The molecule has 2 rings (SSSR count). The molecule has 1 aliphatic heterocycles. The molecule has 4 heteroatoms. The number of aromatic nitrogens is 1. The number of nitrogens with zero attached hydrogens (tertiary/aromatic N) is 1. The summed E-state index contributed by atoms with van der Waals surface area (Å²) in [5.74, 6) is 1.48. The van der Waals surface area contributed by atoms with Gasteiger partial charge in [0.15, 0.2) is 0 Å². The van der Waals surface area contributed by atoms with E-state index in [-0.39, 0.29) is 6.10 Å². The predicted molar refractivity (Wildman–Crippen MR) is 66.5 cm³/mol. The molecule has 0 unspecified atom stereocenters. The van der Waals surface area contributed by atoms with Crippen molar-refractivity contribution >= 4 is 0 Å². The van der Waals surface area contributed by atoms with Gasteiger partial charge in [0.25, 0.3) is 0 Å². The van der Waals surface area contributed by atoms with Crippen LogP contribution < -0.4 is 14.8 Å². The summed E-state index contributed by atoms with van der Waals surface area (Å²) < 4.78 is 11.3. The number of ether oxygens (including phenoxy) is 2. The number of nitrogens with one attached hydrogen (secondary N) is 1. The van der Waals surface area contributed by atoms with E-state index in [1.807, 2.05) is 26.0 Å². The molecular weight excluding hydrogens is 216 g/mol. The van der Waals surface area contributed by atoms with Crippen LogP contribution in [0.15, 0.2) is 18.3 Å². The van der Waals surface area contributed by atoms with Gasteiger partial charge < -0.3 is 14.8 Å². The lowest BCUT2D eigenvalue weighted by atomic mass is 10.1. The van der Waals surface area contributed by atoms with E-state index in [4.69, 9.17) is 9.47 Å². The van der Waals surface area contributed by atoms with E-state index in [0.29, 0.717) is 12.0 Å². The van der Waals surface area contributed by atoms with E-state index in [2.05, 4.69) is 10.3 Å². The number of rotatable bonds is 4. The monoisotopic (exact) mass is 236 g/mol. The van der Waals surface area contributed by atoms with Gasteiger partial charge in [-0.1, -0.05) is 0 Å². The Bertz CT molecular complexity index is 332. The molecule has 17 heavy (non-hydrogen) atoms. The minimum atomic E-state index is 0.152. The van der Waals surface area contributed by atoms with E-state index in [1.165, 1.54) is 0 Å². The summed E-state index contributed by atoms with van der Waals surface area (Å²) >= 11 is 0. The number of hydrogen-bond donors (Lipinski definition) is 1. The lowest BCUT2D eigenvalue weighted by Gasteiger charge is -2.23. The third-order valence-corrected chi connectivity index (χ3v) is 2.65. The molecule has 2 heterocycles. The van der Waals surface area contributed by atoms with Crippen LogP contribution in [0.5, 0.6) is 11.6 Å². The van der Waals surface area contributed by atoms with E-state index >= 15 is 0 Å². The van der Waals surface area contributed by atoms with Gasteiger partial charge in [-0.25, -0.2) is 4.98 Å². The zero-order chi connectivity index (χ0) is 12.1. The van der Waals surface area contributed by atoms with E-state index in [1.54, 1.807) is 6.20 Å². The molecule has 0 aliphatic carbocycles. The van der Waals surface area contributed by atoms with Crippen molar-refractivity contribution in [3.05, 3.63) is 18.3 Å². The van der Waals surface area contributed by atoms with Crippen LogP contribution in [0.1, 0.15) is 26.7 Å². The van der Waals surface area contributed by atoms with Crippen LogP contribution in [0.3, 0.4) is 0 Å². The topological polar surface area (TPSA) is 43.4 Å². The first-order valence-corrected chi connectivity index (χ1v) is 6.24. The summed E-state index contributed by atoms with van der Waals surface area (Å²) in [6.45, 7) is 6.04. The van der Waals surface area contributed by atoms with E-state index < -0.39 is 0 Å². The fraction of sp³-hybridized carbons (Fsp3) is 0.615. The predicted octanol–water partition coefficient (Wildman–Crippen LogP) is 2.00. The average Bonchev–Trinajstić information content (AvgIpc) is 2.32. The van der Waals surface area contributed by atoms with Gasteiger partial charge in [0, 0.05) is 6.07 Å². The standard InChI is InChI=1S/C13H20N2O2/c1-10(2)16-13-4-3-12(9-15-13)17-11-5-7-14-8-6-11/h3-4,9-11,14H,5-8H2,1-2H3. The Labute approximate surface area is 102 Å². The highest BCUT2D eigenvalue weighted by molar-refractivity contribution is 5.23. The van der Waals surface area contributed by atoms with Crippen molar-refractivity contribution < 1.29 is 9.47 Å². The lowest BCUT2D eigenvalue weighted by Crippen LogP contribution is -2.34. The van der Waals surface area contributed by atoms with Gasteiger partial charge >= 0.3 is 0 Å². The molecule has 1 aromatic heterocycles. The van der Waals surface area contributed by atoms with Crippen LogP contribution in [-0.2, 0) is 0 Å². The van der Waals surface area contributed by atoms with Gasteiger partial charge in [0.05, 0.1) is 12.3 Å². The van der Waals surface area contributed by atoms with Crippen molar-refractivity contribution in [3.63, 3.8) is 0 Å². The number of piperidine rings is 1. The second-order valence-electron chi connectivity index (χ2n) is 4.57. The van der Waals surface area contributed by atoms with Crippen LogP contribution >= 0.6 is 0 Å². The molecule has 0 amide bonds. The zero-order valence-electron chi connectivity index (χ0n) is 10.5. The first-order chi connectivity index (χ1) is 8.24. The lowest BCUT2D eigenvalue weighted by molar-refractivity contribution is 0.161. The quantitative estimate of drug-likeness (QED) is 0.868. The van der Waals surface area contributed by atoms with Crippen LogP contribution in [0.25, 0.3) is 0 Å². The largest absolute Gasteiger partial charge is 0.489 e. The number of hydrogen-bond acceptors (Lipinski definition) is 4. The Balaban J connectivity index is 1.88. The molecule has 0 aromatic carbocycles. The highest BCUT2D eigenvalue weighted by atomic mass is 16.5. The molecule has 0 atom stereocenters. The first kappa shape index (κ1) is 12.2. The van der Waals surface area contributed by atoms with Gasteiger partial charge in [0.2, 0.25) is 5.88 Å². The Kier molecular flexibility index (Phi) is 4.20. The van der Waals surface area contributed by atoms with Crippen molar-refractivity contribution in [3.8, 4) is 11.6 Å². The smallest absolute Gasteiger partial charge is 0.213 e. The molecular formula is C13H20N2O2. The Hall–Kier alpha value is -1.29. The summed E-state index contributed by atoms with van der Waals surface area (Å²) in [5, 5.41) is 3.32. The minimum Gasteiger partial charge on any atom is -0.489 e. The third-order valence-electron chi connectivity index (χ3n) is 2.65. The van der Waals surface area contributed by atoms with Crippen LogP contribution in [0.2, 0.25) is 0 Å². The summed E-state index contributed by atoms with van der Waals surface area (Å²) in [4.78, 5) is 4.22. The van der Waals surface area contributed by atoms with Crippen molar-refractivity contribution in [1.29, 1.82) is 0 Å². The summed E-state index contributed by atoms with van der Waals surface area (Å²) in [5.41, 5.74) is 0. The summed E-state index contributed by atoms with van der Waals surface area (Å²) in [6.07, 6.45) is 4.32. The maximum Gasteiger partial charge on any atom is 0.213 e. The first-order valence-electron chi connectivity index (χ1n) is 6.24. The fourth-order valence-electron chi connectivity index (χ4n) is 1.85. The minimum absolute atomic E-state index is 0.152. The van der Waals surface area contributed by atoms with Gasteiger partial charge in [-0.3, -0.25) is 0 Å². The molecule has 4 nitrogen and oxygen atoms in total. The Morgan fingerprint density at radius 2 is 2.06 bits per heavy atom. The zero-order valence-corrected chi connectivity index (χ0v) is 10.5. The van der Waals surface area contributed by atoms with E-state index in [0.717, 1.165) is 31.7 Å². The average molecular weight is 236 g/mol. The summed E-state index contributed by atoms with van der Waals surface area (Å²) in [6, 6.07) is 3.78. The van der Waals surface area contributed by atoms with Crippen molar-refractivity contribution in [1.82, 2.24) is 10.3 Å². The third kappa shape index (κ3) is 3.89. The fourth-order valence-corrected chi connectivity index (χ4v) is 1.85. The van der Waals surface area contributed by atoms with Gasteiger partial charge in [-0.15, -0.1) is 0 Å². The maximum atomic E-state index is 5.86. The van der Waals surface area contributed by atoms with Crippen LogP contribution in [0, 0.1) is 0 Å². The Morgan fingerprint density at radius 3 is 2.65 bits per heavy atom. The maximum absolute atomic E-state index is 5.86. The second-order valence-corrected chi connectivity index (χ2v) is 4.57. The van der Waals surface area contributed by atoms with Gasteiger partial charge in [0.1, 0.15) is 11.9 Å². The number of pyridine rings is 1. The van der Waals surface area contributed by atoms with Gasteiger partial charge in [-0.05, 0) is 45.8 Å². The summed E-state index contributed by atoms with van der Waals surface area (Å²) in [7, 11) is 0. The molecule has 1 saturated heterocycles. The molecule has 0 bridgehead atoms. The highest BCUT2D eigenvalue weighted by Gasteiger charge is 2.14. The normalized spacial score (nSPS) is 17.1. The van der Waals surface area contributed by atoms with E-state index in [9.17, 15) is 0 Å². The molecule has 0 radical (unpaired) electrons. The molecule has 1 fully saturated rings. The highest BCUT2D eigenvalue weighted by Crippen LogP contribution is 2.18. The Morgan fingerprint density at radius 1 is 1.29 bits per heavy atom. The molecule has 1 N–H and O–H groups in total. The molecule has 0 spiro atoms. The van der Waals surface area contributed by atoms with Crippen LogP contribution in [0.4, 0.5) is 0 Å². The van der Waals surface area contributed by atoms with Crippen molar-refractivity contribution in [2.45, 2.75) is 38.9 Å². The van der Waals surface area contributed by atoms with Crippen LogP contribution in [-0.4, -0.2) is 30.3 Å². The molecule has 1 aliphatic rings. The molecule has 1 aromatic rings.